The molecule has 0 fully saturated rings. The summed E-state index contributed by atoms with van der Waals surface area (Å²) < 4.78 is 37.2. The van der Waals surface area contributed by atoms with E-state index in [1.54, 1.807) is 19.9 Å². The molecule has 0 heterocycles. The predicted molar refractivity (Wildman–Crippen MR) is 67.6 cm³/mol. The van der Waals surface area contributed by atoms with Crippen LogP contribution in [0.1, 0.15) is 19.4 Å². The quantitative estimate of drug-likeness (QED) is 0.887. The van der Waals surface area contributed by atoms with Gasteiger partial charge in [0.15, 0.2) is 0 Å². The maximum atomic E-state index is 12.4. The van der Waals surface area contributed by atoms with E-state index in [1.807, 2.05) is 0 Å². The van der Waals surface area contributed by atoms with E-state index in [0.29, 0.717) is 0 Å². The SMILES string of the molecule is CC(N)C(C)C(=O)Nc1ccccc1CC(F)(F)F. The molecular formula is C13H17F3N2O. The van der Waals surface area contributed by atoms with Gasteiger partial charge < -0.3 is 11.1 Å². The van der Waals surface area contributed by atoms with Gasteiger partial charge in [-0.1, -0.05) is 25.1 Å². The van der Waals surface area contributed by atoms with Crippen molar-refractivity contribution < 1.29 is 18.0 Å². The lowest BCUT2D eigenvalue weighted by Crippen LogP contribution is -2.34. The molecule has 19 heavy (non-hydrogen) atoms. The summed E-state index contributed by atoms with van der Waals surface area (Å²) in [6.07, 6.45) is -5.39. The first-order valence-corrected chi connectivity index (χ1v) is 5.92. The first-order valence-electron chi connectivity index (χ1n) is 5.92. The molecule has 1 aromatic rings. The molecule has 1 aromatic carbocycles. The number of benzene rings is 1. The molecular weight excluding hydrogens is 257 g/mol. The molecule has 2 atom stereocenters. The van der Waals surface area contributed by atoms with E-state index < -0.39 is 18.5 Å². The maximum absolute atomic E-state index is 12.4. The van der Waals surface area contributed by atoms with Gasteiger partial charge >= 0.3 is 6.18 Å². The van der Waals surface area contributed by atoms with Gasteiger partial charge in [0.05, 0.1) is 12.3 Å². The summed E-state index contributed by atoms with van der Waals surface area (Å²) in [7, 11) is 0. The van der Waals surface area contributed by atoms with E-state index in [0.717, 1.165) is 0 Å². The van der Waals surface area contributed by atoms with Gasteiger partial charge in [-0.25, -0.2) is 0 Å². The van der Waals surface area contributed by atoms with E-state index in [2.05, 4.69) is 5.32 Å². The Hall–Kier alpha value is -1.56. The summed E-state index contributed by atoms with van der Waals surface area (Å²) >= 11 is 0. The molecule has 0 aliphatic heterocycles. The number of halogens is 3. The average Bonchev–Trinajstić information content (AvgIpc) is 2.28. The lowest BCUT2D eigenvalue weighted by atomic mass is 10.0. The van der Waals surface area contributed by atoms with Crippen molar-refractivity contribution in [1.82, 2.24) is 0 Å². The van der Waals surface area contributed by atoms with E-state index in [4.69, 9.17) is 5.73 Å². The molecule has 1 amide bonds. The van der Waals surface area contributed by atoms with Crippen LogP contribution in [0.2, 0.25) is 0 Å². The molecule has 0 bridgehead atoms. The summed E-state index contributed by atoms with van der Waals surface area (Å²) in [6, 6.07) is 5.51. The average molecular weight is 274 g/mol. The summed E-state index contributed by atoms with van der Waals surface area (Å²) in [6.45, 7) is 3.30. The highest BCUT2D eigenvalue weighted by Crippen LogP contribution is 2.26. The van der Waals surface area contributed by atoms with Crippen LogP contribution in [-0.2, 0) is 11.2 Å². The Morgan fingerprint density at radius 2 is 1.89 bits per heavy atom. The number of hydrogen-bond acceptors (Lipinski definition) is 2. The highest BCUT2D eigenvalue weighted by molar-refractivity contribution is 5.93. The third-order valence-electron chi connectivity index (χ3n) is 2.87. The van der Waals surface area contributed by atoms with Crippen LogP contribution in [0, 0.1) is 5.92 Å². The van der Waals surface area contributed by atoms with Crippen molar-refractivity contribution in [3.05, 3.63) is 29.8 Å². The predicted octanol–water partition coefficient (Wildman–Crippen LogP) is 2.71. The molecule has 0 spiro atoms. The smallest absolute Gasteiger partial charge is 0.327 e. The number of alkyl halides is 3. The zero-order valence-electron chi connectivity index (χ0n) is 10.8. The highest BCUT2D eigenvalue weighted by Gasteiger charge is 2.29. The second-order valence-electron chi connectivity index (χ2n) is 4.59. The van der Waals surface area contributed by atoms with Gasteiger partial charge in [0.25, 0.3) is 0 Å². The topological polar surface area (TPSA) is 55.1 Å². The summed E-state index contributed by atoms with van der Waals surface area (Å²) in [5.74, 6) is -0.858. The zero-order valence-corrected chi connectivity index (χ0v) is 10.8. The number of para-hydroxylation sites is 1. The number of carbonyl (C=O) groups is 1. The second-order valence-corrected chi connectivity index (χ2v) is 4.59. The third-order valence-corrected chi connectivity index (χ3v) is 2.87. The first kappa shape index (κ1) is 15.5. The van der Waals surface area contributed by atoms with Crippen LogP contribution in [0.5, 0.6) is 0 Å². The molecule has 106 valence electrons. The van der Waals surface area contributed by atoms with Gasteiger partial charge in [-0.3, -0.25) is 4.79 Å². The molecule has 0 aliphatic carbocycles. The summed E-state index contributed by atoms with van der Waals surface area (Å²) in [5.41, 5.74) is 5.81. The number of rotatable bonds is 4. The van der Waals surface area contributed by atoms with Gasteiger partial charge in [-0.05, 0) is 18.6 Å². The van der Waals surface area contributed by atoms with Gasteiger partial charge in [0, 0.05) is 11.7 Å². The lowest BCUT2D eigenvalue weighted by Gasteiger charge is -2.17. The molecule has 1 rings (SSSR count). The number of amides is 1. The zero-order chi connectivity index (χ0) is 14.6. The molecule has 0 aliphatic rings. The molecule has 3 N–H and O–H groups in total. The van der Waals surface area contributed by atoms with Gasteiger partial charge in [-0.15, -0.1) is 0 Å². The Morgan fingerprint density at radius 3 is 2.42 bits per heavy atom. The highest BCUT2D eigenvalue weighted by atomic mass is 19.4. The fraction of sp³-hybridized carbons (Fsp3) is 0.462. The minimum Gasteiger partial charge on any atom is -0.327 e. The molecule has 2 unspecified atom stereocenters. The Balaban J connectivity index is 2.87. The molecule has 0 saturated carbocycles. The lowest BCUT2D eigenvalue weighted by molar-refractivity contribution is -0.127. The van der Waals surface area contributed by atoms with Crippen LogP contribution in [-0.4, -0.2) is 18.1 Å². The standard InChI is InChI=1S/C13H17F3N2O/c1-8(9(2)17)12(19)18-11-6-4-3-5-10(11)7-13(14,15)16/h3-6,8-9H,7,17H2,1-2H3,(H,18,19). The molecule has 0 aromatic heterocycles. The van der Waals surface area contributed by atoms with E-state index in [-0.39, 0.29) is 23.2 Å². The number of nitrogens with two attached hydrogens (primary N) is 1. The van der Waals surface area contributed by atoms with Crippen LogP contribution in [0.4, 0.5) is 18.9 Å². The van der Waals surface area contributed by atoms with Crippen molar-refractivity contribution >= 4 is 11.6 Å². The third kappa shape index (κ3) is 4.90. The van der Waals surface area contributed by atoms with Crippen molar-refractivity contribution in [2.75, 3.05) is 5.32 Å². The normalized spacial score (nSPS) is 14.8. The van der Waals surface area contributed by atoms with Crippen molar-refractivity contribution in [3.63, 3.8) is 0 Å². The summed E-state index contributed by atoms with van der Waals surface area (Å²) in [4.78, 5) is 11.8. The Bertz CT molecular complexity index is 444. The van der Waals surface area contributed by atoms with E-state index in [9.17, 15) is 18.0 Å². The van der Waals surface area contributed by atoms with Crippen molar-refractivity contribution in [2.45, 2.75) is 32.5 Å². The first-order chi connectivity index (χ1) is 8.70. The minimum atomic E-state index is -4.31. The van der Waals surface area contributed by atoms with Gasteiger partial charge in [0.2, 0.25) is 5.91 Å². The minimum absolute atomic E-state index is 0.0419. The van der Waals surface area contributed by atoms with Crippen LogP contribution in [0.15, 0.2) is 24.3 Å². The van der Waals surface area contributed by atoms with Crippen molar-refractivity contribution in [1.29, 1.82) is 0 Å². The van der Waals surface area contributed by atoms with Crippen LogP contribution in [0.3, 0.4) is 0 Å². The van der Waals surface area contributed by atoms with Crippen molar-refractivity contribution in [2.24, 2.45) is 11.7 Å². The van der Waals surface area contributed by atoms with E-state index in [1.165, 1.54) is 18.2 Å². The molecule has 6 heteroatoms. The van der Waals surface area contributed by atoms with Gasteiger partial charge in [0.1, 0.15) is 0 Å². The van der Waals surface area contributed by atoms with Crippen LogP contribution < -0.4 is 11.1 Å². The Morgan fingerprint density at radius 1 is 1.32 bits per heavy atom. The number of anilines is 1. The van der Waals surface area contributed by atoms with E-state index >= 15 is 0 Å². The van der Waals surface area contributed by atoms with Crippen LogP contribution >= 0.6 is 0 Å². The second kappa shape index (κ2) is 6.06. The fourth-order valence-corrected chi connectivity index (χ4v) is 1.50. The van der Waals surface area contributed by atoms with Crippen molar-refractivity contribution in [3.8, 4) is 0 Å². The maximum Gasteiger partial charge on any atom is 0.393 e. The number of carbonyl (C=O) groups excluding carboxylic acids is 1. The molecule has 0 radical (unpaired) electrons. The van der Waals surface area contributed by atoms with Crippen LogP contribution in [0.25, 0.3) is 0 Å². The number of hydrogen-bond donors (Lipinski definition) is 2. The Labute approximate surface area is 110 Å². The summed E-state index contributed by atoms with van der Waals surface area (Å²) in [5, 5.41) is 2.50. The number of nitrogens with one attached hydrogen (secondary N) is 1. The Kier molecular flexibility index (Phi) is 4.94. The molecule has 3 nitrogen and oxygen atoms in total. The fourth-order valence-electron chi connectivity index (χ4n) is 1.50. The monoisotopic (exact) mass is 274 g/mol. The van der Waals surface area contributed by atoms with Gasteiger partial charge in [-0.2, -0.15) is 13.2 Å². The largest absolute Gasteiger partial charge is 0.393 e. The molecule has 0 saturated heterocycles.